The molecule has 8 nitrogen and oxygen atoms in total. The molecule has 0 aliphatic carbocycles. The van der Waals surface area contributed by atoms with Crippen molar-refractivity contribution < 1.29 is 13.3 Å². The number of rotatable bonds is 6. The zero-order valence-electron chi connectivity index (χ0n) is 11.9. The minimum Gasteiger partial charge on any atom is -0.361 e. The highest BCUT2D eigenvalue weighted by Gasteiger charge is 2.29. The van der Waals surface area contributed by atoms with Gasteiger partial charge in [-0.2, -0.15) is 0 Å². The first kappa shape index (κ1) is 15.7. The fourth-order valence-electron chi connectivity index (χ4n) is 2.30. The van der Waals surface area contributed by atoms with Crippen LogP contribution in [0.25, 0.3) is 0 Å². The number of nitro groups is 1. The van der Waals surface area contributed by atoms with E-state index in [4.69, 9.17) is 0 Å². The molecule has 0 saturated carbocycles. The number of hydrogen-bond donors (Lipinski definition) is 2. The number of sulfonamides is 1. The second kappa shape index (κ2) is 5.96. The molecule has 1 heterocycles. The van der Waals surface area contributed by atoms with Gasteiger partial charge in [-0.15, -0.1) is 0 Å². The number of anilines is 1. The molecule has 0 unspecified atom stereocenters. The van der Waals surface area contributed by atoms with Crippen molar-refractivity contribution in [2.45, 2.75) is 17.9 Å². The van der Waals surface area contributed by atoms with E-state index in [2.05, 4.69) is 10.0 Å². The maximum atomic E-state index is 11.8. The van der Waals surface area contributed by atoms with E-state index in [0.717, 1.165) is 19.2 Å². The normalized spacial score (nSPS) is 15.5. The molecule has 0 radical (unpaired) electrons. The van der Waals surface area contributed by atoms with E-state index in [-0.39, 0.29) is 16.6 Å². The first-order chi connectivity index (χ1) is 9.90. The molecule has 1 aromatic rings. The number of hydrogen-bond acceptors (Lipinski definition) is 6. The van der Waals surface area contributed by atoms with Crippen molar-refractivity contribution in [3.63, 3.8) is 0 Å². The van der Waals surface area contributed by atoms with E-state index in [1.54, 1.807) is 0 Å². The second-order valence-electron chi connectivity index (χ2n) is 4.71. The topological polar surface area (TPSA) is 105 Å². The minimum absolute atomic E-state index is 0.108. The lowest BCUT2D eigenvalue weighted by atomic mass is 10.1. The first-order valence-electron chi connectivity index (χ1n) is 6.60. The number of nitrogens with zero attached hydrogens (tertiary/aromatic N) is 2. The van der Waals surface area contributed by atoms with Gasteiger partial charge in [0, 0.05) is 25.7 Å². The average Bonchev–Trinajstić information content (AvgIpc) is 2.41. The lowest BCUT2D eigenvalue weighted by Gasteiger charge is -2.38. The average molecular weight is 314 g/mol. The molecule has 9 heteroatoms. The second-order valence-corrected chi connectivity index (χ2v) is 6.60. The van der Waals surface area contributed by atoms with E-state index >= 15 is 0 Å². The van der Waals surface area contributed by atoms with Crippen molar-refractivity contribution in [1.29, 1.82) is 0 Å². The maximum Gasteiger partial charge on any atom is 0.293 e. The molecule has 1 fully saturated rings. The van der Waals surface area contributed by atoms with Crippen LogP contribution in [-0.2, 0) is 10.0 Å². The Morgan fingerprint density at radius 2 is 2.14 bits per heavy atom. The summed E-state index contributed by atoms with van der Waals surface area (Å²) >= 11 is 0. The number of nitrogens with one attached hydrogen (secondary N) is 2. The van der Waals surface area contributed by atoms with E-state index < -0.39 is 14.9 Å². The third-order valence-electron chi connectivity index (χ3n) is 3.57. The highest BCUT2D eigenvalue weighted by Crippen LogP contribution is 2.32. The van der Waals surface area contributed by atoms with Gasteiger partial charge in [0.05, 0.1) is 15.9 Å². The van der Waals surface area contributed by atoms with Gasteiger partial charge in [0.2, 0.25) is 10.0 Å². The van der Waals surface area contributed by atoms with Crippen molar-refractivity contribution in [3.05, 3.63) is 28.3 Å². The van der Waals surface area contributed by atoms with Crippen molar-refractivity contribution in [1.82, 2.24) is 10.0 Å². The molecule has 21 heavy (non-hydrogen) atoms. The van der Waals surface area contributed by atoms with E-state index in [9.17, 15) is 18.5 Å². The third-order valence-corrected chi connectivity index (χ3v) is 4.99. The molecule has 1 saturated heterocycles. The van der Waals surface area contributed by atoms with Gasteiger partial charge in [0.1, 0.15) is 5.69 Å². The fourth-order valence-corrected chi connectivity index (χ4v) is 3.05. The Labute approximate surface area is 123 Å². The van der Waals surface area contributed by atoms with Crippen LogP contribution in [0.1, 0.15) is 6.92 Å². The number of nitro benzene ring substituents is 1. The van der Waals surface area contributed by atoms with Crippen LogP contribution >= 0.6 is 0 Å². The fraction of sp³-hybridized carbons (Fsp3) is 0.500. The van der Waals surface area contributed by atoms with Crippen LogP contribution in [0, 0.1) is 10.1 Å². The number of likely N-dealkylation sites (N-methyl/N-ethyl adjacent to an activating group) is 1. The quantitative estimate of drug-likeness (QED) is 0.578. The van der Waals surface area contributed by atoms with Gasteiger partial charge < -0.3 is 10.2 Å². The molecule has 0 spiro atoms. The first-order valence-corrected chi connectivity index (χ1v) is 8.08. The Morgan fingerprint density at radius 1 is 1.48 bits per heavy atom. The molecule has 2 rings (SSSR count). The minimum atomic E-state index is -3.70. The third kappa shape index (κ3) is 2.99. The zero-order chi connectivity index (χ0) is 15.6. The molecule has 1 aromatic carbocycles. The highest BCUT2D eigenvalue weighted by atomic mass is 32.2. The van der Waals surface area contributed by atoms with Crippen LogP contribution in [-0.4, -0.2) is 46.1 Å². The molecule has 0 aromatic heterocycles. The highest BCUT2D eigenvalue weighted by molar-refractivity contribution is 7.89. The lowest BCUT2D eigenvalue weighted by Crippen LogP contribution is -2.57. The summed E-state index contributed by atoms with van der Waals surface area (Å²) in [7, 11) is -2.43. The number of benzene rings is 1. The van der Waals surface area contributed by atoms with Crippen molar-refractivity contribution >= 4 is 21.4 Å². The van der Waals surface area contributed by atoms with Crippen molar-refractivity contribution in [2.75, 3.05) is 31.6 Å². The van der Waals surface area contributed by atoms with E-state index in [0.29, 0.717) is 12.2 Å². The Morgan fingerprint density at radius 3 is 2.57 bits per heavy atom. The molecule has 0 atom stereocenters. The smallest absolute Gasteiger partial charge is 0.293 e. The summed E-state index contributed by atoms with van der Waals surface area (Å²) in [6.07, 6.45) is 0. The summed E-state index contributed by atoms with van der Waals surface area (Å²) in [5.41, 5.74) is 0.254. The molecule has 0 amide bonds. The molecular formula is C12H18N4O4S. The van der Waals surface area contributed by atoms with Crippen LogP contribution in [0.4, 0.5) is 11.4 Å². The SMILES string of the molecule is CCN(c1ccc(S(=O)(=O)NC)cc1[N+](=O)[O-])C1CNC1. The summed E-state index contributed by atoms with van der Waals surface area (Å²) in [4.78, 5) is 12.6. The lowest BCUT2D eigenvalue weighted by molar-refractivity contribution is -0.384. The van der Waals surface area contributed by atoms with Crippen molar-refractivity contribution in [2.24, 2.45) is 0 Å². The van der Waals surface area contributed by atoms with Gasteiger partial charge >= 0.3 is 0 Å². The van der Waals surface area contributed by atoms with E-state index in [1.165, 1.54) is 19.2 Å². The predicted molar refractivity (Wildman–Crippen MR) is 79.0 cm³/mol. The molecule has 1 aliphatic rings. The Balaban J connectivity index is 2.49. The maximum absolute atomic E-state index is 11.8. The van der Waals surface area contributed by atoms with E-state index in [1.807, 2.05) is 11.8 Å². The van der Waals surface area contributed by atoms with Crippen molar-refractivity contribution in [3.8, 4) is 0 Å². The summed E-state index contributed by atoms with van der Waals surface area (Å²) in [5.74, 6) is 0. The standard InChI is InChI=1S/C12H18N4O4S/c1-3-15(9-7-14-8-9)11-5-4-10(21(19,20)13-2)6-12(11)16(17)18/h4-6,9,13-14H,3,7-8H2,1-2H3. The monoisotopic (exact) mass is 314 g/mol. The Hall–Kier alpha value is -1.71. The van der Waals surface area contributed by atoms with Gasteiger partial charge in [0.25, 0.3) is 5.69 Å². The van der Waals surface area contributed by atoms with Gasteiger partial charge in [-0.3, -0.25) is 10.1 Å². The van der Waals surface area contributed by atoms with Gasteiger partial charge in [-0.25, -0.2) is 13.1 Å². The predicted octanol–water partition coefficient (Wildman–Crippen LogP) is 0.301. The molecule has 1 aliphatic heterocycles. The Bertz CT molecular complexity index is 643. The summed E-state index contributed by atoms with van der Waals surface area (Å²) in [5, 5.41) is 14.4. The van der Waals surface area contributed by atoms with Crippen LogP contribution in [0.15, 0.2) is 23.1 Å². The summed E-state index contributed by atoms with van der Waals surface area (Å²) in [6.45, 7) is 4.06. The molecule has 0 bridgehead atoms. The van der Waals surface area contributed by atoms with Gasteiger partial charge in [0.15, 0.2) is 0 Å². The summed E-state index contributed by atoms with van der Waals surface area (Å²) < 4.78 is 25.7. The zero-order valence-corrected chi connectivity index (χ0v) is 12.7. The van der Waals surface area contributed by atoms with Gasteiger partial charge in [-0.1, -0.05) is 0 Å². The largest absolute Gasteiger partial charge is 0.361 e. The van der Waals surface area contributed by atoms with Crippen LogP contribution in [0.3, 0.4) is 0 Å². The molecule has 116 valence electrons. The Kier molecular flexibility index (Phi) is 4.45. The van der Waals surface area contributed by atoms with Crippen LogP contribution in [0.2, 0.25) is 0 Å². The molecular weight excluding hydrogens is 296 g/mol. The van der Waals surface area contributed by atoms with Crippen LogP contribution < -0.4 is 14.9 Å². The summed E-state index contributed by atoms with van der Waals surface area (Å²) in [6, 6.07) is 4.20. The van der Waals surface area contributed by atoms with Gasteiger partial charge in [-0.05, 0) is 26.1 Å². The van der Waals surface area contributed by atoms with Crippen LogP contribution in [0.5, 0.6) is 0 Å². The molecule has 2 N–H and O–H groups in total.